The van der Waals surface area contributed by atoms with E-state index in [0.717, 1.165) is 0 Å². The Morgan fingerprint density at radius 3 is 2.56 bits per heavy atom. The summed E-state index contributed by atoms with van der Waals surface area (Å²) in [6.07, 6.45) is -1.77. The van der Waals surface area contributed by atoms with Gasteiger partial charge >= 0.3 is 6.18 Å². The number of halogens is 3. The van der Waals surface area contributed by atoms with Gasteiger partial charge in [0, 0.05) is 25.1 Å². The Labute approximate surface area is 143 Å². The van der Waals surface area contributed by atoms with Crippen LogP contribution in [0.5, 0.6) is 0 Å². The molecule has 1 saturated heterocycles. The lowest BCUT2D eigenvalue weighted by atomic mass is 9.96. The summed E-state index contributed by atoms with van der Waals surface area (Å²) in [5.74, 6) is -0.338. The van der Waals surface area contributed by atoms with Crippen molar-refractivity contribution in [1.29, 1.82) is 0 Å². The van der Waals surface area contributed by atoms with E-state index in [0.29, 0.717) is 18.7 Å². The van der Waals surface area contributed by atoms with Gasteiger partial charge < -0.3 is 10.6 Å². The molecule has 9 heteroatoms. The first kappa shape index (κ1) is 19.2. The van der Waals surface area contributed by atoms with Crippen molar-refractivity contribution < 1.29 is 22.8 Å². The highest BCUT2D eigenvalue weighted by Crippen LogP contribution is 2.22. The molecule has 2 heterocycles. The zero-order valence-electron chi connectivity index (χ0n) is 13.7. The molecular formula is C16H21F3N4O2. The number of likely N-dealkylation sites (tertiary alicyclic amines) is 1. The summed E-state index contributed by atoms with van der Waals surface area (Å²) in [6.45, 7) is -0.259. The van der Waals surface area contributed by atoms with Crippen LogP contribution in [-0.2, 0) is 9.59 Å². The number of amides is 2. The zero-order chi connectivity index (χ0) is 18.3. The van der Waals surface area contributed by atoms with Crippen LogP contribution in [0.15, 0.2) is 24.4 Å². The van der Waals surface area contributed by atoms with E-state index in [1.807, 2.05) is 0 Å². The molecular weight excluding hydrogens is 337 g/mol. The van der Waals surface area contributed by atoms with E-state index in [2.05, 4.69) is 15.6 Å². The number of aromatic nitrogens is 1. The normalized spacial score (nSPS) is 16.4. The first-order valence-electron chi connectivity index (χ1n) is 8.11. The Hall–Kier alpha value is -2.16. The predicted molar refractivity (Wildman–Crippen MR) is 85.7 cm³/mol. The molecule has 1 aromatic rings. The van der Waals surface area contributed by atoms with Crippen molar-refractivity contribution in [1.82, 2.24) is 15.2 Å². The van der Waals surface area contributed by atoms with Gasteiger partial charge in [0.1, 0.15) is 5.82 Å². The Kier molecular flexibility index (Phi) is 6.74. The fourth-order valence-electron chi connectivity index (χ4n) is 2.69. The molecule has 2 N–H and O–H groups in total. The summed E-state index contributed by atoms with van der Waals surface area (Å²) in [5, 5.41) is 5.28. The Balaban J connectivity index is 1.63. The fourth-order valence-corrected chi connectivity index (χ4v) is 2.69. The number of nitrogens with one attached hydrogen (secondary N) is 2. The second-order valence-electron chi connectivity index (χ2n) is 5.97. The fraction of sp³-hybridized carbons (Fsp3) is 0.562. The maximum absolute atomic E-state index is 12.3. The number of rotatable bonds is 6. The molecule has 0 aliphatic carbocycles. The van der Waals surface area contributed by atoms with Gasteiger partial charge in [-0.25, -0.2) is 4.98 Å². The number of carbonyl (C=O) groups excluding carboxylic acids is 2. The van der Waals surface area contributed by atoms with Crippen LogP contribution in [-0.4, -0.2) is 54.1 Å². The molecule has 0 aromatic carbocycles. The minimum atomic E-state index is -4.21. The molecule has 0 radical (unpaired) electrons. The van der Waals surface area contributed by atoms with Gasteiger partial charge in [-0.1, -0.05) is 6.07 Å². The predicted octanol–water partition coefficient (Wildman–Crippen LogP) is 1.80. The minimum Gasteiger partial charge on any atom is -0.355 e. The number of nitrogens with zero attached hydrogens (tertiary/aromatic N) is 2. The average Bonchev–Trinajstić information content (AvgIpc) is 2.55. The van der Waals surface area contributed by atoms with E-state index in [-0.39, 0.29) is 43.8 Å². The van der Waals surface area contributed by atoms with Crippen molar-refractivity contribution in [3.8, 4) is 0 Å². The van der Waals surface area contributed by atoms with E-state index >= 15 is 0 Å². The van der Waals surface area contributed by atoms with Crippen LogP contribution in [0, 0.1) is 5.92 Å². The summed E-state index contributed by atoms with van der Waals surface area (Å²) in [5.41, 5.74) is 0. The molecule has 1 aliphatic heterocycles. The van der Waals surface area contributed by atoms with Crippen molar-refractivity contribution in [2.24, 2.45) is 5.92 Å². The summed E-state index contributed by atoms with van der Waals surface area (Å²) in [7, 11) is 0. The molecule has 138 valence electrons. The van der Waals surface area contributed by atoms with Gasteiger partial charge in [-0.05, 0) is 38.1 Å². The van der Waals surface area contributed by atoms with Crippen molar-refractivity contribution in [3.05, 3.63) is 24.4 Å². The van der Waals surface area contributed by atoms with Crippen LogP contribution in [0.3, 0.4) is 0 Å². The highest BCUT2D eigenvalue weighted by Gasteiger charge is 2.33. The third kappa shape index (κ3) is 7.08. The first-order valence-corrected chi connectivity index (χ1v) is 8.11. The topological polar surface area (TPSA) is 74.3 Å². The van der Waals surface area contributed by atoms with Crippen molar-refractivity contribution in [3.63, 3.8) is 0 Å². The van der Waals surface area contributed by atoms with Crippen LogP contribution in [0.2, 0.25) is 0 Å². The second-order valence-corrected chi connectivity index (χ2v) is 5.97. The van der Waals surface area contributed by atoms with Gasteiger partial charge in [0.15, 0.2) is 0 Å². The molecule has 6 nitrogen and oxygen atoms in total. The standard InChI is InChI=1S/C16H21F3N4O2/c17-16(18,19)11-23-9-5-12(6-10-23)15(25)21-8-4-14(24)22-13-3-1-2-7-20-13/h1-3,7,12H,4-6,8-11H2,(H,21,25)(H,20,22,24). The average molecular weight is 358 g/mol. The zero-order valence-corrected chi connectivity index (χ0v) is 13.7. The third-order valence-corrected chi connectivity index (χ3v) is 3.94. The largest absolute Gasteiger partial charge is 0.401 e. The Bertz CT molecular complexity index is 572. The second kappa shape index (κ2) is 8.80. The number of anilines is 1. The molecule has 2 rings (SSSR count). The number of hydrogen-bond donors (Lipinski definition) is 2. The van der Waals surface area contributed by atoms with E-state index in [9.17, 15) is 22.8 Å². The lowest BCUT2D eigenvalue weighted by molar-refractivity contribution is -0.149. The molecule has 1 aromatic heterocycles. The molecule has 25 heavy (non-hydrogen) atoms. The molecule has 1 aliphatic rings. The summed E-state index contributed by atoms with van der Waals surface area (Å²) >= 11 is 0. The quantitative estimate of drug-likeness (QED) is 0.813. The maximum atomic E-state index is 12.3. The monoisotopic (exact) mass is 358 g/mol. The van der Waals surface area contributed by atoms with Crippen molar-refractivity contribution in [2.75, 3.05) is 31.5 Å². The Morgan fingerprint density at radius 1 is 1.24 bits per heavy atom. The van der Waals surface area contributed by atoms with Gasteiger partial charge in [0.05, 0.1) is 6.54 Å². The van der Waals surface area contributed by atoms with Gasteiger partial charge in [0.2, 0.25) is 11.8 Å². The van der Waals surface area contributed by atoms with Gasteiger partial charge in [-0.15, -0.1) is 0 Å². The lowest BCUT2D eigenvalue weighted by Gasteiger charge is -2.31. The molecule has 0 atom stereocenters. The van der Waals surface area contributed by atoms with Gasteiger partial charge in [0.25, 0.3) is 0 Å². The number of alkyl halides is 3. The lowest BCUT2D eigenvalue weighted by Crippen LogP contribution is -2.44. The van der Waals surface area contributed by atoms with E-state index in [1.54, 1.807) is 24.4 Å². The molecule has 0 spiro atoms. The number of piperidine rings is 1. The van der Waals surface area contributed by atoms with Crippen LogP contribution >= 0.6 is 0 Å². The van der Waals surface area contributed by atoms with E-state index < -0.39 is 12.7 Å². The number of hydrogen-bond acceptors (Lipinski definition) is 4. The summed E-state index contributed by atoms with van der Waals surface area (Å²) < 4.78 is 37.0. The van der Waals surface area contributed by atoms with E-state index in [4.69, 9.17) is 0 Å². The van der Waals surface area contributed by atoms with Crippen LogP contribution in [0.25, 0.3) is 0 Å². The molecule has 0 saturated carbocycles. The third-order valence-electron chi connectivity index (χ3n) is 3.94. The molecule has 0 bridgehead atoms. The number of carbonyl (C=O) groups is 2. The number of pyridine rings is 1. The van der Waals surface area contributed by atoms with E-state index in [1.165, 1.54) is 4.90 Å². The van der Waals surface area contributed by atoms with Crippen molar-refractivity contribution in [2.45, 2.75) is 25.4 Å². The maximum Gasteiger partial charge on any atom is 0.401 e. The van der Waals surface area contributed by atoms with Gasteiger partial charge in [-0.2, -0.15) is 13.2 Å². The summed E-state index contributed by atoms with van der Waals surface area (Å²) in [6, 6.07) is 5.14. The van der Waals surface area contributed by atoms with Crippen LogP contribution < -0.4 is 10.6 Å². The molecule has 0 unspecified atom stereocenters. The molecule has 2 amide bonds. The SMILES string of the molecule is O=C(CCNC(=O)C1CCN(CC(F)(F)F)CC1)Nc1ccccn1. The molecule has 1 fully saturated rings. The Morgan fingerprint density at radius 2 is 1.96 bits per heavy atom. The van der Waals surface area contributed by atoms with Crippen LogP contribution in [0.4, 0.5) is 19.0 Å². The van der Waals surface area contributed by atoms with Crippen LogP contribution in [0.1, 0.15) is 19.3 Å². The minimum absolute atomic E-state index is 0.106. The highest BCUT2D eigenvalue weighted by atomic mass is 19.4. The summed E-state index contributed by atoms with van der Waals surface area (Å²) in [4.78, 5) is 29.0. The smallest absolute Gasteiger partial charge is 0.355 e. The van der Waals surface area contributed by atoms with Gasteiger partial charge in [-0.3, -0.25) is 14.5 Å². The highest BCUT2D eigenvalue weighted by molar-refractivity contribution is 5.90. The van der Waals surface area contributed by atoms with Crippen molar-refractivity contribution >= 4 is 17.6 Å². The first-order chi connectivity index (χ1) is 11.8.